The first-order valence-electron chi connectivity index (χ1n) is 11.7. The van der Waals surface area contributed by atoms with Crippen LogP contribution < -0.4 is 5.43 Å². The third-order valence-electron chi connectivity index (χ3n) is 9.15. The zero-order chi connectivity index (χ0) is 20.9. The van der Waals surface area contributed by atoms with E-state index in [-0.39, 0.29) is 22.8 Å². The second-order valence-corrected chi connectivity index (χ2v) is 10.5. The molecule has 1 aromatic carbocycles. The van der Waals surface area contributed by atoms with E-state index in [0.717, 1.165) is 44.4 Å². The van der Waals surface area contributed by atoms with E-state index in [1.54, 1.807) is 0 Å². The van der Waals surface area contributed by atoms with Crippen molar-refractivity contribution in [1.29, 1.82) is 0 Å². The van der Waals surface area contributed by atoms with Crippen molar-refractivity contribution in [3.8, 4) is 0 Å². The molecule has 4 nitrogen and oxygen atoms in total. The van der Waals surface area contributed by atoms with Crippen molar-refractivity contribution in [3.05, 3.63) is 47.5 Å². The molecule has 2 N–H and O–H groups in total. The van der Waals surface area contributed by atoms with E-state index in [1.807, 2.05) is 30.3 Å². The Kier molecular flexibility index (Phi) is 4.89. The number of hydrogen-bond donors (Lipinski definition) is 2. The standard InChI is InChI=1S/C26H34N2O2/c1-25-14-12-19(29)16-18(25)8-9-20-21-10-11-23(26(21,2)15-13-22(20)25)27-28-24(30)17-6-4-3-5-7-17/h3-8,19-22,29H,9-16H2,1-2H3,(H,28,30). The summed E-state index contributed by atoms with van der Waals surface area (Å²) < 4.78 is 0. The third-order valence-corrected chi connectivity index (χ3v) is 9.15. The number of nitrogens with zero attached hydrogens (tertiary/aromatic N) is 1. The maximum atomic E-state index is 12.5. The molecule has 3 saturated carbocycles. The van der Waals surface area contributed by atoms with Crippen molar-refractivity contribution in [2.24, 2.45) is 33.7 Å². The van der Waals surface area contributed by atoms with Crippen LogP contribution in [0.25, 0.3) is 0 Å². The molecule has 6 unspecified atom stereocenters. The van der Waals surface area contributed by atoms with Gasteiger partial charge in [-0.3, -0.25) is 4.79 Å². The lowest BCUT2D eigenvalue weighted by Crippen LogP contribution is -2.50. The molecule has 0 radical (unpaired) electrons. The molecular weight excluding hydrogens is 372 g/mol. The van der Waals surface area contributed by atoms with Gasteiger partial charge in [-0.25, -0.2) is 5.43 Å². The Labute approximate surface area is 179 Å². The number of allylic oxidation sites excluding steroid dienone is 1. The van der Waals surface area contributed by atoms with Crippen LogP contribution >= 0.6 is 0 Å². The van der Waals surface area contributed by atoms with E-state index in [2.05, 4.69) is 30.5 Å². The molecule has 1 amide bonds. The van der Waals surface area contributed by atoms with Crippen LogP contribution in [-0.4, -0.2) is 22.8 Å². The summed E-state index contributed by atoms with van der Waals surface area (Å²) in [6.07, 6.45) is 11.0. The highest BCUT2D eigenvalue weighted by Gasteiger charge is 2.57. The summed E-state index contributed by atoms with van der Waals surface area (Å²) in [5, 5.41) is 14.9. The monoisotopic (exact) mass is 406 g/mol. The number of aliphatic hydroxyl groups excluding tert-OH is 1. The van der Waals surface area contributed by atoms with Gasteiger partial charge in [0, 0.05) is 16.7 Å². The van der Waals surface area contributed by atoms with Crippen molar-refractivity contribution in [1.82, 2.24) is 5.43 Å². The van der Waals surface area contributed by atoms with Crippen LogP contribution in [0.5, 0.6) is 0 Å². The van der Waals surface area contributed by atoms with Crippen molar-refractivity contribution in [3.63, 3.8) is 0 Å². The number of benzene rings is 1. The van der Waals surface area contributed by atoms with Gasteiger partial charge in [-0.15, -0.1) is 0 Å². The quantitative estimate of drug-likeness (QED) is 0.530. The highest BCUT2D eigenvalue weighted by molar-refractivity contribution is 5.97. The molecule has 0 heterocycles. The summed E-state index contributed by atoms with van der Waals surface area (Å²) in [4.78, 5) is 12.5. The molecule has 160 valence electrons. The minimum atomic E-state index is -0.145. The molecule has 5 rings (SSSR count). The van der Waals surface area contributed by atoms with E-state index in [1.165, 1.54) is 24.1 Å². The number of amides is 1. The summed E-state index contributed by atoms with van der Waals surface area (Å²) in [7, 11) is 0. The van der Waals surface area contributed by atoms with Crippen LogP contribution in [0.15, 0.2) is 47.1 Å². The molecule has 0 spiro atoms. The smallest absolute Gasteiger partial charge is 0.271 e. The third kappa shape index (κ3) is 3.07. The van der Waals surface area contributed by atoms with Gasteiger partial charge in [0.1, 0.15) is 0 Å². The lowest BCUT2D eigenvalue weighted by molar-refractivity contribution is -0.0209. The largest absolute Gasteiger partial charge is 0.393 e. The fourth-order valence-electron chi connectivity index (χ4n) is 7.39. The van der Waals surface area contributed by atoms with E-state index < -0.39 is 0 Å². The second kappa shape index (κ2) is 7.33. The van der Waals surface area contributed by atoms with Gasteiger partial charge in [0.25, 0.3) is 5.91 Å². The number of hydrazone groups is 1. The molecule has 4 aliphatic rings. The Bertz CT molecular complexity index is 892. The van der Waals surface area contributed by atoms with E-state index in [0.29, 0.717) is 17.4 Å². The lowest BCUT2D eigenvalue weighted by atomic mass is 9.48. The molecule has 30 heavy (non-hydrogen) atoms. The Morgan fingerprint density at radius 3 is 2.60 bits per heavy atom. The predicted molar refractivity (Wildman–Crippen MR) is 119 cm³/mol. The molecule has 0 aliphatic heterocycles. The normalized spacial score (nSPS) is 41.4. The van der Waals surface area contributed by atoms with Gasteiger partial charge in [-0.05, 0) is 86.7 Å². The molecule has 0 saturated heterocycles. The van der Waals surface area contributed by atoms with Crippen molar-refractivity contribution in [2.45, 2.75) is 71.3 Å². The fraction of sp³-hybridized carbons (Fsp3) is 0.615. The van der Waals surface area contributed by atoms with Crippen molar-refractivity contribution >= 4 is 11.6 Å². The van der Waals surface area contributed by atoms with Crippen LogP contribution in [0.1, 0.15) is 75.6 Å². The summed E-state index contributed by atoms with van der Waals surface area (Å²) in [6.45, 7) is 4.86. The Morgan fingerprint density at radius 1 is 1.07 bits per heavy atom. The molecular formula is C26H34N2O2. The molecule has 6 atom stereocenters. The molecule has 0 bridgehead atoms. The first kappa shape index (κ1) is 20.0. The Hall–Kier alpha value is -1.94. The van der Waals surface area contributed by atoms with Crippen molar-refractivity contribution < 1.29 is 9.90 Å². The van der Waals surface area contributed by atoms with Gasteiger partial charge in [-0.1, -0.05) is 43.7 Å². The number of rotatable bonds is 2. The van der Waals surface area contributed by atoms with Gasteiger partial charge < -0.3 is 5.11 Å². The SMILES string of the molecule is CC12CCC(O)CC1=CCC1C2CCC2(C)C(=NNC(=O)c3ccccc3)CCC12. The second-order valence-electron chi connectivity index (χ2n) is 10.5. The molecule has 1 aromatic rings. The van der Waals surface area contributed by atoms with Crippen LogP contribution in [0, 0.1) is 28.6 Å². The fourth-order valence-corrected chi connectivity index (χ4v) is 7.39. The zero-order valence-corrected chi connectivity index (χ0v) is 18.2. The van der Waals surface area contributed by atoms with E-state index >= 15 is 0 Å². The van der Waals surface area contributed by atoms with Crippen LogP contribution in [0.4, 0.5) is 0 Å². The van der Waals surface area contributed by atoms with E-state index in [9.17, 15) is 9.90 Å². The highest BCUT2D eigenvalue weighted by Crippen LogP contribution is 2.64. The molecule has 3 fully saturated rings. The number of carbonyl (C=O) groups excluding carboxylic acids is 1. The average molecular weight is 407 g/mol. The maximum Gasteiger partial charge on any atom is 0.271 e. The van der Waals surface area contributed by atoms with Crippen LogP contribution in [0.2, 0.25) is 0 Å². The summed E-state index contributed by atoms with van der Waals surface area (Å²) in [5.74, 6) is 1.94. The molecule has 4 aliphatic carbocycles. The zero-order valence-electron chi connectivity index (χ0n) is 18.2. The number of carbonyl (C=O) groups is 1. The van der Waals surface area contributed by atoms with Crippen LogP contribution in [-0.2, 0) is 0 Å². The summed E-state index contributed by atoms with van der Waals surface area (Å²) in [5.41, 5.74) is 6.57. The number of nitrogens with one attached hydrogen (secondary N) is 1. The minimum Gasteiger partial charge on any atom is -0.393 e. The number of aliphatic hydroxyl groups is 1. The first-order valence-corrected chi connectivity index (χ1v) is 11.7. The summed E-state index contributed by atoms with van der Waals surface area (Å²) in [6, 6.07) is 9.33. The van der Waals surface area contributed by atoms with E-state index in [4.69, 9.17) is 0 Å². The van der Waals surface area contributed by atoms with Gasteiger partial charge in [0.2, 0.25) is 0 Å². The topological polar surface area (TPSA) is 61.7 Å². The number of fused-ring (bicyclic) bond motifs is 5. The molecule has 0 aromatic heterocycles. The average Bonchev–Trinajstić information content (AvgIpc) is 3.09. The van der Waals surface area contributed by atoms with Crippen molar-refractivity contribution in [2.75, 3.05) is 0 Å². The minimum absolute atomic E-state index is 0.0982. The predicted octanol–water partition coefficient (Wildman–Crippen LogP) is 5.10. The summed E-state index contributed by atoms with van der Waals surface area (Å²) >= 11 is 0. The van der Waals surface area contributed by atoms with Gasteiger partial charge >= 0.3 is 0 Å². The van der Waals surface area contributed by atoms with Crippen LogP contribution in [0.3, 0.4) is 0 Å². The molecule has 4 heteroatoms. The Balaban J connectivity index is 1.36. The lowest BCUT2D eigenvalue weighted by Gasteiger charge is -2.57. The Morgan fingerprint density at radius 2 is 1.80 bits per heavy atom. The van der Waals surface area contributed by atoms with Gasteiger partial charge in [0.05, 0.1) is 6.10 Å². The first-order chi connectivity index (χ1) is 14.4. The van der Waals surface area contributed by atoms with Gasteiger partial charge in [-0.2, -0.15) is 5.10 Å². The highest BCUT2D eigenvalue weighted by atomic mass is 16.3. The maximum absolute atomic E-state index is 12.5. The number of hydrogen-bond acceptors (Lipinski definition) is 3. The van der Waals surface area contributed by atoms with Gasteiger partial charge in [0.15, 0.2) is 0 Å².